The topological polar surface area (TPSA) is 72.9 Å². The molecule has 1 saturated heterocycles. The molecule has 33 heavy (non-hydrogen) atoms. The van der Waals surface area contributed by atoms with Crippen molar-refractivity contribution in [2.45, 2.75) is 6.54 Å². The van der Waals surface area contributed by atoms with E-state index in [0.29, 0.717) is 41.6 Å². The molecule has 0 saturated carbocycles. The summed E-state index contributed by atoms with van der Waals surface area (Å²) in [7, 11) is 0. The van der Waals surface area contributed by atoms with E-state index in [1.54, 1.807) is 42.5 Å². The number of amides is 1. The van der Waals surface area contributed by atoms with Crippen molar-refractivity contribution in [3.05, 3.63) is 94.3 Å². The highest BCUT2D eigenvalue weighted by Crippen LogP contribution is 2.26. The van der Waals surface area contributed by atoms with Crippen LogP contribution in [0.2, 0.25) is 5.02 Å². The van der Waals surface area contributed by atoms with Gasteiger partial charge in [0, 0.05) is 49.0 Å². The lowest BCUT2D eigenvalue weighted by molar-refractivity contribution is 0.0697. The fraction of sp³-hybridized carbons (Fsp3) is 0.200. The van der Waals surface area contributed by atoms with Crippen LogP contribution in [-0.2, 0) is 6.54 Å². The summed E-state index contributed by atoms with van der Waals surface area (Å²) in [5.74, 6) is -1.66. The standard InChI is InChI=1S/C25H23ClFN3O3/c26-19-6-4-18(5-7-19)24(31)28-21-8-9-23(22(15-21)25(32)33)30-12-10-29(11-13-30)16-17-2-1-3-20(27)14-17/h1-9,14-15H,10-13,16H2,(H,28,31)(H,32,33). The van der Waals surface area contributed by atoms with Gasteiger partial charge in [0.1, 0.15) is 5.82 Å². The highest BCUT2D eigenvalue weighted by Gasteiger charge is 2.22. The molecule has 1 heterocycles. The van der Waals surface area contributed by atoms with Gasteiger partial charge in [-0.1, -0.05) is 23.7 Å². The van der Waals surface area contributed by atoms with Crippen LogP contribution in [0.25, 0.3) is 0 Å². The molecular formula is C25H23ClFN3O3. The quantitative estimate of drug-likeness (QED) is 0.547. The average molecular weight is 468 g/mol. The van der Waals surface area contributed by atoms with Crippen LogP contribution in [0.3, 0.4) is 0 Å². The number of hydrogen-bond acceptors (Lipinski definition) is 4. The summed E-state index contributed by atoms with van der Waals surface area (Å²) < 4.78 is 13.4. The molecule has 0 aromatic heterocycles. The van der Waals surface area contributed by atoms with E-state index in [0.717, 1.165) is 18.7 Å². The lowest BCUT2D eigenvalue weighted by Gasteiger charge is -2.36. The Kier molecular flexibility index (Phi) is 6.91. The maximum atomic E-state index is 13.4. The van der Waals surface area contributed by atoms with E-state index in [9.17, 15) is 19.1 Å². The van der Waals surface area contributed by atoms with Crippen molar-refractivity contribution in [3.63, 3.8) is 0 Å². The number of piperazine rings is 1. The third-order valence-corrected chi connectivity index (χ3v) is 5.85. The number of benzene rings is 3. The molecule has 8 heteroatoms. The SMILES string of the molecule is O=C(Nc1ccc(N2CCN(Cc3cccc(F)c3)CC2)c(C(=O)O)c1)c1ccc(Cl)cc1. The molecule has 3 aromatic rings. The van der Waals surface area contributed by atoms with E-state index >= 15 is 0 Å². The summed E-state index contributed by atoms with van der Waals surface area (Å²) >= 11 is 5.86. The van der Waals surface area contributed by atoms with Gasteiger partial charge in [0.05, 0.1) is 11.3 Å². The van der Waals surface area contributed by atoms with Crippen molar-refractivity contribution in [2.24, 2.45) is 0 Å². The fourth-order valence-corrected chi connectivity index (χ4v) is 4.03. The number of carboxylic acid groups (broad SMARTS) is 1. The number of halogens is 2. The molecular weight excluding hydrogens is 445 g/mol. The number of aromatic carboxylic acids is 1. The summed E-state index contributed by atoms with van der Waals surface area (Å²) in [4.78, 5) is 28.6. The highest BCUT2D eigenvalue weighted by molar-refractivity contribution is 6.30. The third kappa shape index (κ3) is 5.69. The number of rotatable bonds is 6. The Morgan fingerprint density at radius 1 is 0.970 bits per heavy atom. The van der Waals surface area contributed by atoms with Crippen molar-refractivity contribution in [1.82, 2.24) is 4.90 Å². The lowest BCUT2D eigenvalue weighted by Crippen LogP contribution is -2.46. The Morgan fingerprint density at radius 3 is 2.36 bits per heavy atom. The van der Waals surface area contributed by atoms with Crippen LogP contribution in [0.1, 0.15) is 26.3 Å². The molecule has 0 unspecified atom stereocenters. The van der Waals surface area contributed by atoms with E-state index in [4.69, 9.17) is 11.6 Å². The minimum Gasteiger partial charge on any atom is -0.478 e. The molecule has 1 aliphatic heterocycles. The molecule has 6 nitrogen and oxygen atoms in total. The Bertz CT molecular complexity index is 1160. The zero-order valence-electron chi connectivity index (χ0n) is 17.8. The van der Waals surface area contributed by atoms with E-state index in [1.165, 1.54) is 18.2 Å². The zero-order chi connectivity index (χ0) is 23.4. The van der Waals surface area contributed by atoms with Gasteiger partial charge in [-0.2, -0.15) is 0 Å². The van der Waals surface area contributed by atoms with Crippen molar-refractivity contribution < 1.29 is 19.1 Å². The molecule has 0 aliphatic carbocycles. The number of carbonyl (C=O) groups is 2. The van der Waals surface area contributed by atoms with Gasteiger partial charge in [-0.25, -0.2) is 9.18 Å². The summed E-state index contributed by atoms with van der Waals surface area (Å²) in [6, 6.07) is 17.9. The predicted molar refractivity (Wildman–Crippen MR) is 127 cm³/mol. The van der Waals surface area contributed by atoms with Crippen LogP contribution in [0.15, 0.2) is 66.7 Å². The van der Waals surface area contributed by atoms with Crippen LogP contribution in [0, 0.1) is 5.82 Å². The second-order valence-electron chi connectivity index (χ2n) is 7.89. The van der Waals surface area contributed by atoms with E-state index < -0.39 is 5.97 Å². The first-order chi connectivity index (χ1) is 15.9. The van der Waals surface area contributed by atoms with Crippen molar-refractivity contribution in [2.75, 3.05) is 36.4 Å². The van der Waals surface area contributed by atoms with Gasteiger partial charge in [-0.3, -0.25) is 9.69 Å². The highest BCUT2D eigenvalue weighted by atomic mass is 35.5. The Balaban J connectivity index is 1.43. The summed E-state index contributed by atoms with van der Waals surface area (Å²) in [6.45, 7) is 3.39. The Hall–Kier alpha value is -3.42. The summed E-state index contributed by atoms with van der Waals surface area (Å²) in [5.41, 5.74) is 2.48. The number of nitrogens with one attached hydrogen (secondary N) is 1. The largest absolute Gasteiger partial charge is 0.478 e. The van der Waals surface area contributed by atoms with Gasteiger partial charge in [-0.15, -0.1) is 0 Å². The maximum absolute atomic E-state index is 13.4. The van der Waals surface area contributed by atoms with Crippen molar-refractivity contribution >= 4 is 34.9 Å². The van der Waals surface area contributed by atoms with Gasteiger partial charge in [-0.05, 0) is 60.2 Å². The second-order valence-corrected chi connectivity index (χ2v) is 8.33. The normalized spacial score (nSPS) is 14.2. The van der Waals surface area contributed by atoms with Crippen molar-refractivity contribution in [1.29, 1.82) is 0 Å². The van der Waals surface area contributed by atoms with Crippen LogP contribution >= 0.6 is 11.6 Å². The number of hydrogen-bond donors (Lipinski definition) is 2. The number of anilines is 2. The second kappa shape index (κ2) is 10.0. The van der Waals surface area contributed by atoms with Gasteiger partial charge < -0.3 is 15.3 Å². The molecule has 1 fully saturated rings. The molecule has 2 N–H and O–H groups in total. The average Bonchev–Trinajstić information content (AvgIpc) is 2.80. The first-order valence-electron chi connectivity index (χ1n) is 10.5. The monoisotopic (exact) mass is 467 g/mol. The minimum absolute atomic E-state index is 0.127. The van der Waals surface area contributed by atoms with Crippen molar-refractivity contribution in [3.8, 4) is 0 Å². The molecule has 0 bridgehead atoms. The minimum atomic E-state index is -1.06. The van der Waals surface area contributed by atoms with Crippen LogP contribution in [0.5, 0.6) is 0 Å². The summed E-state index contributed by atoms with van der Waals surface area (Å²) in [6.07, 6.45) is 0. The van der Waals surface area contributed by atoms with E-state index in [-0.39, 0.29) is 17.3 Å². The number of nitrogens with zero attached hydrogens (tertiary/aromatic N) is 2. The Labute approximate surface area is 196 Å². The van der Waals surface area contributed by atoms with Gasteiger partial charge in [0.15, 0.2) is 0 Å². The molecule has 1 aliphatic rings. The first kappa shape index (κ1) is 22.8. The van der Waals surface area contributed by atoms with Gasteiger partial charge in [0.2, 0.25) is 0 Å². The molecule has 170 valence electrons. The molecule has 0 atom stereocenters. The lowest BCUT2D eigenvalue weighted by atomic mass is 10.1. The first-order valence-corrected chi connectivity index (χ1v) is 10.9. The zero-order valence-corrected chi connectivity index (χ0v) is 18.6. The predicted octanol–water partition coefficient (Wildman–Crippen LogP) is 4.75. The maximum Gasteiger partial charge on any atom is 0.337 e. The van der Waals surface area contributed by atoms with Crippen LogP contribution in [0.4, 0.5) is 15.8 Å². The molecule has 4 rings (SSSR count). The molecule has 0 spiro atoms. The van der Waals surface area contributed by atoms with E-state index in [1.807, 2.05) is 11.0 Å². The smallest absolute Gasteiger partial charge is 0.337 e. The molecule has 3 aromatic carbocycles. The molecule has 0 radical (unpaired) electrons. The van der Waals surface area contributed by atoms with Gasteiger partial charge in [0.25, 0.3) is 5.91 Å². The van der Waals surface area contributed by atoms with Gasteiger partial charge >= 0.3 is 5.97 Å². The van der Waals surface area contributed by atoms with Crippen LogP contribution in [-0.4, -0.2) is 48.1 Å². The van der Waals surface area contributed by atoms with Crippen LogP contribution < -0.4 is 10.2 Å². The number of carboxylic acids is 1. The third-order valence-electron chi connectivity index (χ3n) is 5.60. The fourth-order valence-electron chi connectivity index (χ4n) is 3.91. The summed E-state index contributed by atoms with van der Waals surface area (Å²) in [5, 5.41) is 13.0. The Morgan fingerprint density at radius 2 is 1.70 bits per heavy atom. The molecule has 1 amide bonds. The van der Waals surface area contributed by atoms with E-state index in [2.05, 4.69) is 10.2 Å². The number of carbonyl (C=O) groups excluding carboxylic acids is 1.